The Morgan fingerprint density at radius 3 is 2.53 bits per heavy atom. The molecule has 0 spiro atoms. The molecule has 0 radical (unpaired) electrons. The van der Waals surface area contributed by atoms with Crippen LogP contribution in [0.2, 0.25) is 0 Å². The van der Waals surface area contributed by atoms with Crippen LogP contribution in [0.15, 0.2) is 24.3 Å². The molecule has 0 saturated carbocycles. The zero-order valence-corrected chi connectivity index (χ0v) is 11.1. The molecule has 1 amide bonds. The molecule has 0 unspecified atom stereocenters. The molecule has 3 N–H and O–H groups in total. The number of hydrogen-bond donors (Lipinski definition) is 3. The van der Waals surface area contributed by atoms with Gasteiger partial charge in [-0.1, -0.05) is 32.9 Å². The van der Waals surface area contributed by atoms with Gasteiger partial charge in [0.25, 0.3) is 0 Å². The van der Waals surface area contributed by atoms with Crippen molar-refractivity contribution in [1.29, 1.82) is 0 Å². The second-order valence-corrected chi connectivity index (χ2v) is 5.46. The summed E-state index contributed by atoms with van der Waals surface area (Å²) in [7, 11) is 0. The highest BCUT2D eigenvalue weighted by atomic mass is 16.4. The van der Waals surface area contributed by atoms with E-state index in [9.17, 15) is 9.59 Å². The summed E-state index contributed by atoms with van der Waals surface area (Å²) in [6.45, 7) is 5.46. The van der Waals surface area contributed by atoms with Crippen molar-refractivity contribution in [3.63, 3.8) is 0 Å². The highest BCUT2D eigenvalue weighted by Gasteiger charge is 2.22. The van der Waals surface area contributed by atoms with Crippen LogP contribution >= 0.6 is 0 Å². The number of aromatic nitrogens is 1. The van der Waals surface area contributed by atoms with Crippen LogP contribution in [0.25, 0.3) is 10.9 Å². The number of carboxylic acid groups (broad SMARTS) is 1. The van der Waals surface area contributed by atoms with Crippen LogP contribution in [0.5, 0.6) is 0 Å². The van der Waals surface area contributed by atoms with E-state index >= 15 is 0 Å². The fraction of sp³-hybridized carbons (Fsp3) is 0.286. The summed E-state index contributed by atoms with van der Waals surface area (Å²) in [6, 6.07) is 6.86. The van der Waals surface area contributed by atoms with Gasteiger partial charge in [0.05, 0.1) is 11.2 Å². The van der Waals surface area contributed by atoms with E-state index in [2.05, 4.69) is 10.3 Å². The summed E-state index contributed by atoms with van der Waals surface area (Å²) in [5.41, 5.74) is 0.805. The lowest BCUT2D eigenvalue weighted by atomic mass is 9.95. The number of amides is 1. The van der Waals surface area contributed by atoms with E-state index < -0.39 is 11.4 Å². The monoisotopic (exact) mass is 260 g/mol. The van der Waals surface area contributed by atoms with Crippen LogP contribution in [0, 0.1) is 5.41 Å². The number of carbonyl (C=O) groups is 2. The summed E-state index contributed by atoms with van der Waals surface area (Å²) in [6.07, 6.45) is 0. The second-order valence-electron chi connectivity index (χ2n) is 5.46. The van der Waals surface area contributed by atoms with Gasteiger partial charge in [0.15, 0.2) is 0 Å². The van der Waals surface area contributed by atoms with E-state index in [1.165, 1.54) is 0 Å². The SMILES string of the molecule is CC(C)(C)C(=O)Nc1cccc2cc(C(=O)O)[nH]c12. The van der Waals surface area contributed by atoms with Crippen LogP contribution in [0.4, 0.5) is 5.69 Å². The molecule has 1 aromatic carbocycles. The predicted molar refractivity (Wildman–Crippen MR) is 73.3 cm³/mol. The Morgan fingerprint density at radius 2 is 1.95 bits per heavy atom. The smallest absolute Gasteiger partial charge is 0.352 e. The van der Waals surface area contributed by atoms with E-state index in [0.29, 0.717) is 11.2 Å². The molecule has 1 heterocycles. The van der Waals surface area contributed by atoms with Crippen molar-refractivity contribution in [2.24, 2.45) is 5.41 Å². The number of para-hydroxylation sites is 1. The van der Waals surface area contributed by atoms with Gasteiger partial charge >= 0.3 is 5.97 Å². The van der Waals surface area contributed by atoms with Crippen molar-refractivity contribution >= 4 is 28.5 Å². The molecule has 2 rings (SSSR count). The van der Waals surface area contributed by atoms with Crippen LogP contribution in [0.3, 0.4) is 0 Å². The molecule has 0 fully saturated rings. The standard InChI is InChI=1S/C14H16N2O3/c1-14(2,3)13(19)16-9-6-4-5-8-7-10(12(17)18)15-11(8)9/h4-7,15H,1-3H3,(H,16,19)(H,17,18). The molecule has 0 atom stereocenters. The molecule has 0 aliphatic carbocycles. The van der Waals surface area contributed by atoms with Crippen LogP contribution < -0.4 is 5.32 Å². The third-order valence-corrected chi connectivity index (χ3v) is 2.82. The fourth-order valence-electron chi connectivity index (χ4n) is 1.69. The molecule has 1 aromatic heterocycles. The molecular formula is C14H16N2O3. The van der Waals surface area contributed by atoms with Gasteiger partial charge in [-0.25, -0.2) is 4.79 Å². The number of fused-ring (bicyclic) bond motifs is 1. The van der Waals surface area contributed by atoms with Crippen molar-refractivity contribution in [3.8, 4) is 0 Å². The van der Waals surface area contributed by atoms with Gasteiger partial charge in [0.1, 0.15) is 5.69 Å². The minimum absolute atomic E-state index is 0.104. The van der Waals surface area contributed by atoms with Gasteiger partial charge in [0, 0.05) is 10.8 Å². The van der Waals surface area contributed by atoms with Crippen molar-refractivity contribution in [3.05, 3.63) is 30.0 Å². The van der Waals surface area contributed by atoms with E-state index in [1.807, 2.05) is 20.8 Å². The first-order valence-electron chi connectivity index (χ1n) is 5.95. The first-order valence-corrected chi connectivity index (χ1v) is 5.95. The highest BCUT2D eigenvalue weighted by molar-refractivity contribution is 6.04. The maximum atomic E-state index is 12.0. The zero-order chi connectivity index (χ0) is 14.2. The highest BCUT2D eigenvalue weighted by Crippen LogP contribution is 2.25. The molecule has 5 heteroatoms. The number of carbonyl (C=O) groups excluding carboxylic acids is 1. The lowest BCUT2D eigenvalue weighted by Gasteiger charge is -2.18. The van der Waals surface area contributed by atoms with Gasteiger partial charge in [-0.05, 0) is 12.1 Å². The Labute approximate surface area is 110 Å². The maximum absolute atomic E-state index is 12.0. The summed E-state index contributed by atoms with van der Waals surface area (Å²) >= 11 is 0. The normalized spacial score (nSPS) is 11.5. The third-order valence-electron chi connectivity index (χ3n) is 2.82. The third kappa shape index (κ3) is 2.59. The van der Waals surface area contributed by atoms with Gasteiger partial charge in [-0.15, -0.1) is 0 Å². The van der Waals surface area contributed by atoms with Crippen molar-refractivity contribution < 1.29 is 14.7 Å². The summed E-state index contributed by atoms with van der Waals surface area (Å²) in [4.78, 5) is 25.7. The number of nitrogens with one attached hydrogen (secondary N) is 2. The number of carboxylic acids is 1. The minimum Gasteiger partial charge on any atom is -0.477 e. The van der Waals surface area contributed by atoms with Gasteiger partial charge in [-0.2, -0.15) is 0 Å². The Bertz CT molecular complexity index is 650. The molecule has 0 aliphatic heterocycles. The first kappa shape index (κ1) is 13.1. The summed E-state index contributed by atoms with van der Waals surface area (Å²) < 4.78 is 0. The molecule has 0 bridgehead atoms. The fourth-order valence-corrected chi connectivity index (χ4v) is 1.69. The molecular weight excluding hydrogens is 244 g/mol. The van der Waals surface area contributed by atoms with Crippen LogP contribution in [-0.2, 0) is 4.79 Å². The molecule has 100 valence electrons. The minimum atomic E-state index is -1.02. The van der Waals surface area contributed by atoms with E-state index in [0.717, 1.165) is 5.39 Å². The summed E-state index contributed by atoms with van der Waals surface area (Å²) in [5, 5.41) is 12.5. The molecule has 5 nitrogen and oxygen atoms in total. The second kappa shape index (κ2) is 4.42. The summed E-state index contributed by atoms with van der Waals surface area (Å²) in [5.74, 6) is -1.14. The Balaban J connectivity index is 2.44. The molecule has 0 saturated heterocycles. The maximum Gasteiger partial charge on any atom is 0.352 e. The van der Waals surface area contributed by atoms with Crippen LogP contribution in [-0.4, -0.2) is 22.0 Å². The first-order chi connectivity index (χ1) is 8.79. The number of aromatic carboxylic acids is 1. The zero-order valence-electron chi connectivity index (χ0n) is 11.1. The van der Waals surface area contributed by atoms with Gasteiger partial charge < -0.3 is 15.4 Å². The average molecular weight is 260 g/mol. The lowest BCUT2D eigenvalue weighted by molar-refractivity contribution is -0.123. The molecule has 2 aromatic rings. The van der Waals surface area contributed by atoms with Gasteiger partial charge in [-0.3, -0.25) is 4.79 Å². The Hall–Kier alpha value is -2.30. The molecule has 0 aliphatic rings. The number of benzene rings is 1. The number of anilines is 1. The van der Waals surface area contributed by atoms with E-state index in [1.54, 1.807) is 24.3 Å². The lowest BCUT2D eigenvalue weighted by Crippen LogP contribution is -2.27. The topological polar surface area (TPSA) is 82.2 Å². The van der Waals surface area contributed by atoms with E-state index in [-0.39, 0.29) is 11.6 Å². The number of aromatic amines is 1. The Kier molecular flexibility index (Phi) is 3.06. The predicted octanol–water partition coefficient (Wildman–Crippen LogP) is 2.85. The average Bonchev–Trinajstić information content (AvgIpc) is 2.72. The quantitative estimate of drug-likeness (QED) is 0.776. The Morgan fingerprint density at radius 1 is 1.26 bits per heavy atom. The van der Waals surface area contributed by atoms with Crippen molar-refractivity contribution in [1.82, 2.24) is 4.98 Å². The number of hydrogen-bond acceptors (Lipinski definition) is 2. The van der Waals surface area contributed by atoms with Crippen molar-refractivity contribution in [2.45, 2.75) is 20.8 Å². The number of rotatable bonds is 2. The van der Waals surface area contributed by atoms with Gasteiger partial charge in [0.2, 0.25) is 5.91 Å². The van der Waals surface area contributed by atoms with E-state index in [4.69, 9.17) is 5.11 Å². The van der Waals surface area contributed by atoms with Crippen LogP contribution in [0.1, 0.15) is 31.3 Å². The number of H-pyrrole nitrogens is 1. The molecule has 19 heavy (non-hydrogen) atoms. The van der Waals surface area contributed by atoms with Crippen molar-refractivity contribution in [2.75, 3.05) is 5.32 Å². The largest absolute Gasteiger partial charge is 0.477 e.